The highest BCUT2D eigenvalue weighted by atomic mass is 28.3. The van der Waals surface area contributed by atoms with Gasteiger partial charge in [-0.2, -0.15) is 0 Å². The van der Waals surface area contributed by atoms with E-state index in [4.69, 9.17) is 20.7 Å². The molecule has 0 saturated carbocycles. The van der Waals surface area contributed by atoms with Crippen molar-refractivity contribution >= 4 is 61.7 Å². The van der Waals surface area contributed by atoms with Gasteiger partial charge in [0.1, 0.15) is 17.3 Å². The van der Waals surface area contributed by atoms with Gasteiger partial charge in [-0.1, -0.05) is 233 Å². The van der Waals surface area contributed by atoms with Gasteiger partial charge in [0.05, 0.1) is 40.3 Å². The third kappa shape index (κ3) is 8.70. The molecule has 5 nitrogen and oxygen atoms in total. The topological polar surface area (TPSA) is 35.9 Å². The Kier molecular flexibility index (Phi) is 9.79. The highest BCUT2D eigenvalue weighted by Crippen LogP contribution is 2.37. The number of hydrogen-bond acceptors (Lipinski definition) is 2. The van der Waals surface area contributed by atoms with E-state index in [-0.39, 0.29) is 22.5 Å². The first kappa shape index (κ1) is 38.2. The zero-order valence-electron chi connectivity index (χ0n) is 53.2. The standard InChI is InChI=1S/C72H58N4OSi/c1-51-44-70(73-49-65(51)52-24-9-5-10-25-52)76-66-39-18-17-37-63(66)64-43-42-57(47-69(64)76)77-56-29-23-28-55(46-56)74-50-75(68-41-20-19-40-67(68)74)71-54(48-72(2,3)4)27-22-38-62(71)53-26-21-36-61(45-53)78(58-30-11-6-12-31-58,59-32-13-7-14-33-59)60-34-15-8-16-35-60/h5-47,49H,48H2,1-4H3/i1D3,5D,9D,10D,24D,25D,48D2. The summed E-state index contributed by atoms with van der Waals surface area (Å²) in [6.45, 7) is 3.04. The lowest BCUT2D eigenvalue weighted by atomic mass is 9.86. The third-order valence-corrected chi connectivity index (χ3v) is 19.2. The first-order chi connectivity index (χ1) is 42.3. The van der Waals surface area contributed by atoms with Gasteiger partial charge in [-0.05, 0) is 110 Å². The summed E-state index contributed by atoms with van der Waals surface area (Å²) in [5, 5.41) is 6.62. The van der Waals surface area contributed by atoms with Gasteiger partial charge in [0.15, 0.2) is 8.07 Å². The summed E-state index contributed by atoms with van der Waals surface area (Å²) in [5.74, 6) is 1.22. The number of rotatable bonds is 12. The van der Waals surface area contributed by atoms with Crippen molar-refractivity contribution in [2.45, 2.75) is 34.0 Å². The van der Waals surface area contributed by atoms with E-state index in [2.05, 4.69) is 128 Å². The van der Waals surface area contributed by atoms with E-state index in [0.717, 1.165) is 44.1 Å². The quantitative estimate of drug-likeness (QED) is 0.0529. The van der Waals surface area contributed by atoms with Crippen molar-refractivity contribution in [3.8, 4) is 50.9 Å². The van der Waals surface area contributed by atoms with Gasteiger partial charge >= 0.3 is 0 Å². The van der Waals surface area contributed by atoms with Crippen LogP contribution in [0.25, 0.3) is 72.3 Å². The van der Waals surface area contributed by atoms with E-state index in [1.807, 2.05) is 138 Å². The molecule has 0 aliphatic heterocycles. The second-order valence-electron chi connectivity index (χ2n) is 20.5. The van der Waals surface area contributed by atoms with E-state index in [1.54, 1.807) is 0 Å². The van der Waals surface area contributed by atoms with E-state index < -0.39 is 56.9 Å². The number of nitrogens with zero attached hydrogens (tertiary/aromatic N) is 4. The Hall–Kier alpha value is -9.36. The molecular weight excluding hydrogens is 965 g/mol. The molecule has 0 fully saturated rings. The first-order valence-corrected chi connectivity index (χ1v) is 28.0. The number of pyridine rings is 1. The number of fused-ring (bicyclic) bond motifs is 4. The minimum atomic E-state index is -2.98. The zero-order chi connectivity index (χ0) is 61.4. The van der Waals surface area contributed by atoms with Crippen LogP contribution in [0.1, 0.15) is 45.6 Å². The first-order valence-electron chi connectivity index (χ1n) is 31.0. The van der Waals surface area contributed by atoms with Crippen LogP contribution >= 0.6 is 0 Å². The molecule has 0 aliphatic rings. The Labute approximate surface area is 471 Å². The molecule has 0 saturated heterocycles. The van der Waals surface area contributed by atoms with Crippen LogP contribution < -0.4 is 30.1 Å². The Morgan fingerprint density at radius 1 is 0.564 bits per heavy atom. The summed E-state index contributed by atoms with van der Waals surface area (Å²) in [7, 11) is -2.98. The fourth-order valence-corrected chi connectivity index (χ4v) is 16.0. The number of aromatic nitrogens is 4. The molecule has 0 atom stereocenters. The van der Waals surface area contributed by atoms with Crippen molar-refractivity contribution in [1.82, 2.24) is 14.1 Å². The molecule has 3 aromatic heterocycles. The van der Waals surface area contributed by atoms with Gasteiger partial charge in [-0.25, -0.2) is 4.98 Å². The average Bonchev–Trinajstić information content (AvgIpc) is 1.80. The zero-order valence-corrected chi connectivity index (χ0v) is 44.2. The smallest absolute Gasteiger partial charge is 0.269 e. The molecule has 78 heavy (non-hydrogen) atoms. The van der Waals surface area contributed by atoms with Gasteiger partial charge in [-0.15, -0.1) is 0 Å². The number of benzene rings is 10. The molecule has 0 N–H and O–H groups in total. The number of aryl methyl sites for hydroxylation is 1. The summed E-state index contributed by atoms with van der Waals surface area (Å²) >= 11 is 0. The maximum absolute atomic E-state index is 9.98. The lowest BCUT2D eigenvalue weighted by Gasteiger charge is -2.34. The van der Waals surface area contributed by atoms with Crippen LogP contribution in [-0.4, -0.2) is 22.2 Å². The summed E-state index contributed by atoms with van der Waals surface area (Å²) in [4.78, 5) is 4.75. The summed E-state index contributed by atoms with van der Waals surface area (Å²) in [6, 6.07) is 75.0. The van der Waals surface area contributed by atoms with E-state index in [0.29, 0.717) is 28.3 Å². The van der Waals surface area contributed by atoms with Crippen LogP contribution in [-0.2, 0) is 6.37 Å². The van der Waals surface area contributed by atoms with Crippen molar-refractivity contribution < 1.29 is 23.0 Å². The number of ether oxygens (including phenoxy) is 1. The minimum Gasteiger partial charge on any atom is -0.458 e. The van der Waals surface area contributed by atoms with Crippen LogP contribution in [0.2, 0.25) is 0 Å². The highest BCUT2D eigenvalue weighted by Gasteiger charge is 2.41. The van der Waals surface area contributed by atoms with Gasteiger partial charge in [0.2, 0.25) is 0 Å². The fraction of sp³-hybridized carbons (Fsp3) is 0.0833. The second-order valence-corrected chi connectivity index (χ2v) is 24.3. The molecule has 0 unspecified atom stereocenters. The maximum atomic E-state index is 9.98. The molecule has 376 valence electrons. The molecule has 10 aromatic carbocycles. The van der Waals surface area contributed by atoms with Crippen LogP contribution in [0.15, 0.2) is 267 Å². The Bertz CT molecular complexity index is 4720. The van der Waals surface area contributed by atoms with Crippen molar-refractivity contribution in [3.63, 3.8) is 0 Å². The molecule has 0 bridgehead atoms. The monoisotopic (exact) mass is 1030 g/mol. The molecule has 0 amide bonds. The van der Waals surface area contributed by atoms with Gasteiger partial charge in [0, 0.05) is 35.5 Å². The normalized spacial score (nSPS) is 14.1. The van der Waals surface area contributed by atoms with Crippen molar-refractivity contribution in [2.24, 2.45) is 5.41 Å². The minimum absolute atomic E-state index is 0.0842. The molecule has 3 heterocycles. The molecule has 0 radical (unpaired) electrons. The Balaban J connectivity index is 0.938. The predicted molar refractivity (Wildman–Crippen MR) is 325 cm³/mol. The van der Waals surface area contributed by atoms with Crippen LogP contribution in [0.4, 0.5) is 0 Å². The van der Waals surface area contributed by atoms with Crippen molar-refractivity contribution in [2.75, 3.05) is 0 Å². The SMILES string of the molecule is [2H]c1c([2H])c([2H])c(-c2cnc(-n3c4ccccc4c4ccc(Oc5cccc(-n6[c-][n+](-c7c(-c8cccc([Si](c9ccccc9)(c9ccccc9)c9ccccc9)c8)cccc7C([2H])([2H])C(C)(C)C)c7ccccc76)c5)cc43)cc2C([2H])([2H])[2H])c([2H])c1[2H]. The summed E-state index contributed by atoms with van der Waals surface area (Å²) in [6.07, 6.45) is 3.18. The van der Waals surface area contributed by atoms with Crippen LogP contribution in [0, 0.1) is 18.6 Å². The Morgan fingerprint density at radius 2 is 1.19 bits per heavy atom. The fourth-order valence-electron chi connectivity index (χ4n) is 11.2. The average molecular weight is 1030 g/mol. The summed E-state index contributed by atoms with van der Waals surface area (Å²) < 4.78 is 101. The molecule has 13 rings (SSSR count). The maximum Gasteiger partial charge on any atom is 0.269 e. The number of hydrogen-bond donors (Lipinski definition) is 0. The molecule has 13 aromatic rings. The second kappa shape index (κ2) is 20.0. The van der Waals surface area contributed by atoms with Crippen molar-refractivity contribution in [1.29, 1.82) is 0 Å². The van der Waals surface area contributed by atoms with E-state index >= 15 is 0 Å². The molecule has 0 spiro atoms. The van der Waals surface area contributed by atoms with E-state index in [9.17, 15) is 2.74 Å². The van der Waals surface area contributed by atoms with Crippen LogP contribution in [0.3, 0.4) is 0 Å². The molecular formula is C72H58N4OSi. The molecule has 6 heteroatoms. The van der Waals surface area contributed by atoms with E-state index in [1.165, 1.54) is 33.0 Å². The lowest BCUT2D eigenvalue weighted by molar-refractivity contribution is -0.572. The summed E-state index contributed by atoms with van der Waals surface area (Å²) in [5.41, 5.74) is 5.33. The van der Waals surface area contributed by atoms with Gasteiger partial charge in [0.25, 0.3) is 6.33 Å². The van der Waals surface area contributed by atoms with Crippen molar-refractivity contribution in [3.05, 3.63) is 284 Å². The molecule has 0 aliphatic carbocycles. The number of para-hydroxylation sites is 4. The highest BCUT2D eigenvalue weighted by molar-refractivity contribution is 7.19. The van der Waals surface area contributed by atoms with Gasteiger partial charge in [-0.3, -0.25) is 13.7 Å². The number of imidazole rings is 1. The predicted octanol–water partition coefficient (Wildman–Crippen LogP) is 14.6. The Morgan fingerprint density at radius 3 is 1.91 bits per heavy atom. The largest absolute Gasteiger partial charge is 0.458 e. The van der Waals surface area contributed by atoms with Crippen LogP contribution in [0.5, 0.6) is 11.5 Å². The van der Waals surface area contributed by atoms with Gasteiger partial charge < -0.3 is 4.74 Å². The lowest BCUT2D eigenvalue weighted by Crippen LogP contribution is -2.74. The third-order valence-electron chi connectivity index (χ3n) is 14.4.